The zero-order valence-electron chi connectivity index (χ0n) is 10.5. The van der Waals surface area contributed by atoms with Crippen LogP contribution in [0.1, 0.15) is 25.3 Å². The molecule has 1 saturated heterocycles. The third-order valence-corrected chi connectivity index (χ3v) is 3.05. The first-order valence-electron chi connectivity index (χ1n) is 6.33. The van der Waals surface area contributed by atoms with Crippen molar-refractivity contribution >= 4 is 0 Å². The van der Waals surface area contributed by atoms with Crippen LogP contribution in [0.3, 0.4) is 0 Å². The molecule has 1 aliphatic heterocycles. The fourth-order valence-electron chi connectivity index (χ4n) is 2.14. The molecule has 0 spiro atoms. The van der Waals surface area contributed by atoms with E-state index in [1.807, 2.05) is 19.1 Å². The van der Waals surface area contributed by atoms with Gasteiger partial charge >= 0.3 is 0 Å². The van der Waals surface area contributed by atoms with E-state index in [1.165, 1.54) is 24.9 Å². The molecule has 2 rings (SSSR count). The minimum absolute atomic E-state index is 0.601. The van der Waals surface area contributed by atoms with E-state index in [0.29, 0.717) is 12.6 Å². The van der Waals surface area contributed by atoms with Gasteiger partial charge in [-0.2, -0.15) is 0 Å². The van der Waals surface area contributed by atoms with Crippen LogP contribution in [0, 0.1) is 0 Å². The third kappa shape index (κ3) is 3.90. The zero-order chi connectivity index (χ0) is 12.1. The summed E-state index contributed by atoms with van der Waals surface area (Å²) in [7, 11) is 0. The molecule has 0 bridgehead atoms. The minimum Gasteiger partial charge on any atom is -0.489 e. The van der Waals surface area contributed by atoms with Gasteiger partial charge in [-0.25, -0.2) is 0 Å². The van der Waals surface area contributed by atoms with Crippen molar-refractivity contribution in [2.24, 2.45) is 0 Å². The number of hydrogen-bond donors (Lipinski definition) is 1. The Morgan fingerprint density at radius 3 is 2.76 bits per heavy atom. The van der Waals surface area contributed by atoms with Crippen LogP contribution in [0.5, 0.6) is 5.75 Å². The molecule has 1 heterocycles. The Kier molecular flexibility index (Phi) is 4.21. The van der Waals surface area contributed by atoms with Gasteiger partial charge in [0.15, 0.2) is 0 Å². The first-order chi connectivity index (χ1) is 8.24. The van der Waals surface area contributed by atoms with Gasteiger partial charge < -0.3 is 10.1 Å². The fourth-order valence-corrected chi connectivity index (χ4v) is 2.14. The lowest BCUT2D eigenvalue weighted by molar-refractivity contribution is 0.352. The van der Waals surface area contributed by atoms with E-state index in [1.54, 1.807) is 0 Å². The Morgan fingerprint density at radius 1 is 1.41 bits per heavy atom. The summed E-state index contributed by atoms with van der Waals surface area (Å²) in [4.78, 5) is 0. The largest absolute Gasteiger partial charge is 0.489 e. The Labute approximate surface area is 104 Å². The van der Waals surface area contributed by atoms with Gasteiger partial charge in [-0.15, -0.1) is 0 Å². The monoisotopic (exact) mass is 231 g/mol. The van der Waals surface area contributed by atoms with Crippen LogP contribution in [-0.2, 0) is 6.42 Å². The van der Waals surface area contributed by atoms with Crippen LogP contribution in [0.4, 0.5) is 0 Å². The maximum Gasteiger partial charge on any atom is 0.119 e. The number of ether oxygens (including phenoxy) is 1. The Hall–Kier alpha value is -1.28. The van der Waals surface area contributed by atoms with Crippen molar-refractivity contribution in [3.63, 3.8) is 0 Å². The molecule has 92 valence electrons. The quantitative estimate of drug-likeness (QED) is 0.787. The molecule has 1 N–H and O–H groups in total. The van der Waals surface area contributed by atoms with E-state index < -0.39 is 0 Å². The standard InChI is InChI=1S/C15H21NO/c1-12(2)11-17-15-7-5-13(6-8-15)10-14-4-3-9-16-14/h5-8,14,16H,1,3-4,9-11H2,2H3. The second kappa shape index (κ2) is 5.87. The van der Waals surface area contributed by atoms with Crippen molar-refractivity contribution in [3.05, 3.63) is 42.0 Å². The van der Waals surface area contributed by atoms with E-state index >= 15 is 0 Å². The van der Waals surface area contributed by atoms with Crippen LogP contribution < -0.4 is 10.1 Å². The van der Waals surface area contributed by atoms with Gasteiger partial charge in [0.25, 0.3) is 0 Å². The predicted molar refractivity (Wildman–Crippen MR) is 71.5 cm³/mol. The molecular weight excluding hydrogens is 210 g/mol. The van der Waals surface area contributed by atoms with E-state index in [2.05, 4.69) is 24.0 Å². The van der Waals surface area contributed by atoms with Gasteiger partial charge in [0.1, 0.15) is 12.4 Å². The molecular formula is C15H21NO. The summed E-state index contributed by atoms with van der Waals surface area (Å²) in [6.07, 6.45) is 3.74. The van der Waals surface area contributed by atoms with Crippen molar-refractivity contribution in [1.82, 2.24) is 5.32 Å². The lowest BCUT2D eigenvalue weighted by Crippen LogP contribution is -2.23. The van der Waals surface area contributed by atoms with Crippen LogP contribution in [0.2, 0.25) is 0 Å². The molecule has 1 unspecified atom stereocenters. The summed E-state index contributed by atoms with van der Waals surface area (Å²) < 4.78 is 5.58. The zero-order valence-corrected chi connectivity index (χ0v) is 10.5. The maximum atomic E-state index is 5.58. The number of benzene rings is 1. The summed E-state index contributed by atoms with van der Waals surface area (Å²) in [5.74, 6) is 0.927. The first kappa shape index (κ1) is 12.2. The van der Waals surface area contributed by atoms with Crippen molar-refractivity contribution in [1.29, 1.82) is 0 Å². The molecule has 1 atom stereocenters. The highest BCUT2D eigenvalue weighted by molar-refractivity contribution is 5.28. The summed E-state index contributed by atoms with van der Waals surface area (Å²) in [5, 5.41) is 3.52. The molecule has 1 fully saturated rings. The van der Waals surface area contributed by atoms with Crippen LogP contribution in [-0.4, -0.2) is 19.2 Å². The highest BCUT2D eigenvalue weighted by atomic mass is 16.5. The molecule has 1 aliphatic rings. The van der Waals surface area contributed by atoms with Gasteiger partial charge in [0.05, 0.1) is 0 Å². The smallest absolute Gasteiger partial charge is 0.119 e. The average molecular weight is 231 g/mol. The molecule has 0 saturated carbocycles. The summed E-state index contributed by atoms with van der Waals surface area (Å²) in [6, 6.07) is 9.08. The van der Waals surface area contributed by atoms with Crippen molar-refractivity contribution in [3.8, 4) is 5.75 Å². The van der Waals surface area contributed by atoms with Crippen molar-refractivity contribution in [2.45, 2.75) is 32.2 Å². The van der Waals surface area contributed by atoms with Crippen LogP contribution in [0.15, 0.2) is 36.4 Å². The molecule has 17 heavy (non-hydrogen) atoms. The van der Waals surface area contributed by atoms with Gasteiger partial charge in [0.2, 0.25) is 0 Å². The Morgan fingerprint density at radius 2 is 2.18 bits per heavy atom. The van der Waals surface area contributed by atoms with Gasteiger partial charge in [0, 0.05) is 6.04 Å². The highest BCUT2D eigenvalue weighted by Crippen LogP contribution is 2.16. The second-order valence-electron chi connectivity index (χ2n) is 4.89. The Bertz CT molecular complexity index is 363. The lowest BCUT2D eigenvalue weighted by Gasteiger charge is -2.11. The fraction of sp³-hybridized carbons (Fsp3) is 0.467. The summed E-state index contributed by atoms with van der Waals surface area (Å²) in [5.41, 5.74) is 2.43. The third-order valence-electron chi connectivity index (χ3n) is 3.05. The number of rotatable bonds is 5. The van der Waals surface area contributed by atoms with Crippen molar-refractivity contribution in [2.75, 3.05) is 13.2 Å². The molecule has 0 aromatic heterocycles. The molecule has 0 amide bonds. The summed E-state index contributed by atoms with van der Waals surface area (Å²) >= 11 is 0. The number of nitrogens with one attached hydrogen (secondary N) is 1. The predicted octanol–water partition coefficient (Wildman–Crippen LogP) is 2.94. The van der Waals surface area contributed by atoms with Crippen molar-refractivity contribution < 1.29 is 4.74 Å². The minimum atomic E-state index is 0.601. The molecule has 0 aliphatic carbocycles. The second-order valence-corrected chi connectivity index (χ2v) is 4.89. The molecule has 1 aromatic carbocycles. The molecule has 1 aromatic rings. The SMILES string of the molecule is C=C(C)COc1ccc(CC2CCCN2)cc1. The maximum absolute atomic E-state index is 5.58. The summed E-state index contributed by atoms with van der Waals surface area (Å²) in [6.45, 7) is 7.57. The average Bonchev–Trinajstić information content (AvgIpc) is 2.81. The van der Waals surface area contributed by atoms with Crippen LogP contribution >= 0.6 is 0 Å². The van der Waals surface area contributed by atoms with E-state index in [9.17, 15) is 0 Å². The molecule has 0 radical (unpaired) electrons. The van der Waals surface area contributed by atoms with Gasteiger partial charge in [-0.3, -0.25) is 0 Å². The molecule has 2 heteroatoms. The van der Waals surface area contributed by atoms with Gasteiger partial charge in [-0.05, 0) is 56.0 Å². The van der Waals surface area contributed by atoms with Crippen LogP contribution in [0.25, 0.3) is 0 Å². The Balaban J connectivity index is 1.86. The van der Waals surface area contributed by atoms with E-state index in [-0.39, 0.29) is 0 Å². The normalized spacial score (nSPS) is 19.2. The first-order valence-corrected chi connectivity index (χ1v) is 6.33. The van der Waals surface area contributed by atoms with Gasteiger partial charge in [-0.1, -0.05) is 18.7 Å². The lowest BCUT2D eigenvalue weighted by atomic mass is 10.0. The number of hydrogen-bond acceptors (Lipinski definition) is 2. The molecule has 2 nitrogen and oxygen atoms in total. The highest BCUT2D eigenvalue weighted by Gasteiger charge is 2.13. The topological polar surface area (TPSA) is 21.3 Å². The van der Waals surface area contributed by atoms with E-state index in [0.717, 1.165) is 17.7 Å². The van der Waals surface area contributed by atoms with E-state index in [4.69, 9.17) is 4.74 Å².